The quantitative estimate of drug-likeness (QED) is 0.414. The number of anilines is 1. The van der Waals surface area contributed by atoms with E-state index in [4.69, 9.17) is 9.72 Å². The van der Waals surface area contributed by atoms with E-state index in [0.29, 0.717) is 11.6 Å². The number of hydrogen-bond acceptors (Lipinski definition) is 8. The fourth-order valence-electron chi connectivity index (χ4n) is 4.06. The van der Waals surface area contributed by atoms with Crippen LogP contribution in [0, 0.1) is 5.82 Å². The van der Waals surface area contributed by atoms with E-state index in [1.807, 2.05) is 24.5 Å². The number of aryl methyl sites for hydroxylation is 1. The molecule has 0 amide bonds. The maximum atomic E-state index is 14.5. The van der Waals surface area contributed by atoms with Gasteiger partial charge in [-0.2, -0.15) is 0 Å². The minimum Gasteiger partial charge on any atom is -0.484 e. The molecule has 1 aliphatic rings. The number of tetrazole rings is 1. The maximum absolute atomic E-state index is 14.5. The summed E-state index contributed by atoms with van der Waals surface area (Å²) in [4.78, 5) is 16.0. The Morgan fingerprint density at radius 1 is 1.09 bits per heavy atom. The second-order valence-corrected chi connectivity index (χ2v) is 8.22. The van der Waals surface area contributed by atoms with Crippen molar-refractivity contribution in [2.45, 2.75) is 38.7 Å². The molecule has 1 aliphatic heterocycles. The second-order valence-electron chi connectivity index (χ2n) is 8.22. The summed E-state index contributed by atoms with van der Waals surface area (Å²) in [5.74, 6) is 0.828. The number of nitrogens with zero attached hydrogens (tertiary/aromatic N) is 8. The Hall–Kier alpha value is -3.95. The molecule has 0 spiro atoms. The standard InChI is InChI=1S/C24H25FN8O/c1-2-17-13-26-24(27-14-17)32-10-8-18(9-11-32)22-5-3-4-19(29-22)15-34-23-7-6-20(12-21(23)25)33-16-28-30-31-33/h3-7,12-14,16,18H,2,8-11,15H2,1H3. The number of halogens is 1. The molecule has 1 saturated heterocycles. The zero-order valence-electron chi connectivity index (χ0n) is 18.9. The lowest BCUT2D eigenvalue weighted by atomic mass is 9.93. The summed E-state index contributed by atoms with van der Waals surface area (Å²) < 4.78 is 21.6. The highest BCUT2D eigenvalue weighted by Gasteiger charge is 2.23. The second kappa shape index (κ2) is 9.90. The van der Waals surface area contributed by atoms with Gasteiger partial charge in [0.2, 0.25) is 5.95 Å². The first kappa shape index (κ1) is 21.9. The van der Waals surface area contributed by atoms with Gasteiger partial charge in [0.15, 0.2) is 11.6 Å². The van der Waals surface area contributed by atoms with E-state index >= 15 is 0 Å². The normalized spacial score (nSPS) is 14.4. The van der Waals surface area contributed by atoms with E-state index in [1.165, 1.54) is 17.1 Å². The van der Waals surface area contributed by atoms with Gasteiger partial charge in [0.25, 0.3) is 0 Å². The lowest BCUT2D eigenvalue weighted by Crippen LogP contribution is -2.34. The summed E-state index contributed by atoms with van der Waals surface area (Å²) in [7, 11) is 0. The molecule has 0 N–H and O–H groups in total. The molecule has 1 fully saturated rings. The Morgan fingerprint density at radius 2 is 1.91 bits per heavy atom. The maximum Gasteiger partial charge on any atom is 0.225 e. The average Bonchev–Trinajstić information content (AvgIpc) is 3.43. The summed E-state index contributed by atoms with van der Waals surface area (Å²) in [5.41, 5.74) is 3.47. The first-order chi connectivity index (χ1) is 16.7. The lowest BCUT2D eigenvalue weighted by Gasteiger charge is -2.31. The molecular formula is C24H25FN8O. The van der Waals surface area contributed by atoms with Crippen LogP contribution in [-0.4, -0.2) is 48.2 Å². The molecule has 4 aromatic rings. The van der Waals surface area contributed by atoms with Crippen LogP contribution in [0.3, 0.4) is 0 Å². The molecule has 9 nitrogen and oxygen atoms in total. The topological polar surface area (TPSA) is 94.7 Å². The highest BCUT2D eigenvalue weighted by Crippen LogP contribution is 2.28. The minimum absolute atomic E-state index is 0.159. The first-order valence-corrected chi connectivity index (χ1v) is 11.4. The van der Waals surface area contributed by atoms with E-state index in [0.717, 1.165) is 55.3 Å². The molecule has 3 aromatic heterocycles. The van der Waals surface area contributed by atoms with Gasteiger partial charge < -0.3 is 9.64 Å². The van der Waals surface area contributed by atoms with E-state index in [2.05, 4.69) is 43.4 Å². The Bertz CT molecular complexity index is 1220. The Morgan fingerprint density at radius 3 is 2.62 bits per heavy atom. The SMILES string of the molecule is CCc1cnc(N2CCC(c3cccc(COc4ccc(-n5cnnn5)cc4F)n3)CC2)nc1. The zero-order valence-corrected chi connectivity index (χ0v) is 18.9. The van der Waals surface area contributed by atoms with Crippen molar-refractivity contribution < 1.29 is 9.13 Å². The van der Waals surface area contributed by atoms with Gasteiger partial charge in [-0.25, -0.2) is 19.0 Å². The van der Waals surface area contributed by atoms with Crippen LogP contribution in [0.15, 0.2) is 55.1 Å². The molecule has 1 aromatic carbocycles. The van der Waals surface area contributed by atoms with Crippen LogP contribution in [-0.2, 0) is 13.0 Å². The van der Waals surface area contributed by atoms with Crippen molar-refractivity contribution in [2.24, 2.45) is 0 Å². The van der Waals surface area contributed by atoms with Gasteiger partial charge >= 0.3 is 0 Å². The molecule has 0 saturated carbocycles. The van der Waals surface area contributed by atoms with Crippen molar-refractivity contribution in [3.63, 3.8) is 0 Å². The third-order valence-corrected chi connectivity index (χ3v) is 6.03. The van der Waals surface area contributed by atoms with Crippen molar-refractivity contribution in [2.75, 3.05) is 18.0 Å². The molecule has 174 valence electrons. The summed E-state index contributed by atoms with van der Waals surface area (Å²) >= 11 is 0. The third-order valence-electron chi connectivity index (χ3n) is 6.03. The van der Waals surface area contributed by atoms with Gasteiger partial charge in [-0.15, -0.1) is 5.10 Å². The van der Waals surface area contributed by atoms with Crippen molar-refractivity contribution in [3.05, 3.63) is 77.9 Å². The summed E-state index contributed by atoms with van der Waals surface area (Å²) in [5, 5.41) is 10.9. The van der Waals surface area contributed by atoms with Gasteiger partial charge in [0.05, 0.1) is 11.4 Å². The van der Waals surface area contributed by atoms with E-state index < -0.39 is 5.82 Å². The van der Waals surface area contributed by atoms with Crippen LogP contribution in [0.1, 0.15) is 42.6 Å². The summed E-state index contributed by atoms with van der Waals surface area (Å²) in [6.07, 6.45) is 8.10. The number of ether oxygens (including phenoxy) is 1. The fraction of sp³-hybridized carbons (Fsp3) is 0.333. The number of rotatable bonds is 7. The van der Waals surface area contributed by atoms with Crippen LogP contribution >= 0.6 is 0 Å². The number of benzene rings is 1. The van der Waals surface area contributed by atoms with E-state index in [1.54, 1.807) is 12.1 Å². The number of hydrogen-bond donors (Lipinski definition) is 0. The average molecular weight is 461 g/mol. The molecule has 0 unspecified atom stereocenters. The van der Waals surface area contributed by atoms with Gasteiger partial charge in [0, 0.05) is 43.2 Å². The first-order valence-electron chi connectivity index (χ1n) is 11.4. The predicted molar refractivity (Wildman–Crippen MR) is 123 cm³/mol. The van der Waals surface area contributed by atoms with Crippen LogP contribution in [0.4, 0.5) is 10.3 Å². The van der Waals surface area contributed by atoms with Gasteiger partial charge in [-0.05, 0) is 59.5 Å². The monoisotopic (exact) mass is 460 g/mol. The molecular weight excluding hydrogens is 435 g/mol. The van der Waals surface area contributed by atoms with Gasteiger partial charge in [-0.1, -0.05) is 13.0 Å². The summed E-state index contributed by atoms with van der Waals surface area (Å²) in [6.45, 7) is 4.06. The number of piperidine rings is 1. The van der Waals surface area contributed by atoms with Crippen LogP contribution in [0.25, 0.3) is 5.69 Å². The fourth-order valence-corrected chi connectivity index (χ4v) is 4.06. The number of pyridine rings is 1. The highest BCUT2D eigenvalue weighted by atomic mass is 19.1. The largest absolute Gasteiger partial charge is 0.484 e. The van der Waals surface area contributed by atoms with Crippen molar-refractivity contribution >= 4 is 5.95 Å². The Labute approximate surface area is 196 Å². The molecule has 5 rings (SSSR count). The van der Waals surface area contributed by atoms with Crippen LogP contribution in [0.5, 0.6) is 5.75 Å². The third kappa shape index (κ3) is 4.85. The van der Waals surface area contributed by atoms with Gasteiger partial charge in [0.1, 0.15) is 12.9 Å². The zero-order chi connectivity index (χ0) is 23.3. The smallest absolute Gasteiger partial charge is 0.225 e. The van der Waals surface area contributed by atoms with Crippen molar-refractivity contribution in [3.8, 4) is 11.4 Å². The van der Waals surface area contributed by atoms with E-state index in [-0.39, 0.29) is 12.4 Å². The Balaban J connectivity index is 1.19. The van der Waals surface area contributed by atoms with Gasteiger partial charge in [-0.3, -0.25) is 4.98 Å². The molecule has 0 atom stereocenters. The summed E-state index contributed by atoms with van der Waals surface area (Å²) in [6, 6.07) is 10.5. The van der Waals surface area contributed by atoms with Crippen LogP contribution in [0.2, 0.25) is 0 Å². The Kier molecular flexibility index (Phi) is 6.37. The molecule has 0 bridgehead atoms. The highest BCUT2D eigenvalue weighted by molar-refractivity contribution is 5.38. The van der Waals surface area contributed by atoms with Crippen molar-refractivity contribution in [1.29, 1.82) is 0 Å². The number of aromatic nitrogens is 7. The molecule has 0 aliphatic carbocycles. The lowest BCUT2D eigenvalue weighted by molar-refractivity contribution is 0.285. The molecule has 34 heavy (non-hydrogen) atoms. The predicted octanol–water partition coefficient (Wildman–Crippen LogP) is 3.51. The van der Waals surface area contributed by atoms with E-state index in [9.17, 15) is 4.39 Å². The molecule has 0 radical (unpaired) electrons. The minimum atomic E-state index is -0.481. The molecule has 10 heteroatoms. The van der Waals surface area contributed by atoms with Crippen LogP contribution < -0.4 is 9.64 Å². The molecule has 4 heterocycles. The van der Waals surface area contributed by atoms with Crippen molar-refractivity contribution in [1.82, 2.24) is 35.2 Å².